The van der Waals surface area contributed by atoms with Gasteiger partial charge in [-0.3, -0.25) is 14.5 Å². The number of hydrogen-bond acceptors (Lipinski definition) is 5. The minimum absolute atomic E-state index is 0.0655. The number of rotatable bonds is 4. The Morgan fingerprint density at radius 2 is 2.35 bits per heavy atom. The summed E-state index contributed by atoms with van der Waals surface area (Å²) < 4.78 is 1.87. The van der Waals surface area contributed by atoms with Gasteiger partial charge in [0, 0.05) is 30.4 Å². The molecule has 114 valence electrons. The number of hydrogen-bond donors (Lipinski definition) is 1. The lowest BCUT2D eigenvalue weighted by Crippen LogP contribution is -2.01. The Hall–Kier alpha value is -2.94. The van der Waals surface area contributed by atoms with E-state index in [-0.39, 0.29) is 5.69 Å². The van der Waals surface area contributed by atoms with Gasteiger partial charge in [-0.25, -0.2) is 19.9 Å². The monoisotopic (exact) mass is 327 g/mol. The Morgan fingerprint density at radius 1 is 1.43 bits per heavy atom. The van der Waals surface area contributed by atoms with E-state index in [1.807, 2.05) is 22.9 Å². The molecule has 8 nitrogen and oxygen atoms in total. The van der Waals surface area contributed by atoms with E-state index < -0.39 is 4.92 Å². The van der Waals surface area contributed by atoms with Crippen molar-refractivity contribution in [2.75, 3.05) is 0 Å². The van der Waals surface area contributed by atoms with Crippen LogP contribution in [0.5, 0.6) is 0 Å². The lowest BCUT2D eigenvalue weighted by molar-refractivity contribution is -0.396. The maximum Gasteiger partial charge on any atom is 0.314 e. The highest BCUT2D eigenvalue weighted by Crippen LogP contribution is 2.22. The summed E-state index contributed by atoms with van der Waals surface area (Å²) in [4.78, 5) is 25.4. The van der Waals surface area contributed by atoms with Crippen molar-refractivity contribution in [1.82, 2.24) is 19.4 Å². The number of nitrogens with zero attached hydrogens (tertiary/aromatic N) is 4. The smallest absolute Gasteiger partial charge is 0.291 e. The average Bonchev–Trinajstić information content (AvgIpc) is 3.14. The van der Waals surface area contributed by atoms with Gasteiger partial charge in [-0.1, -0.05) is 0 Å². The van der Waals surface area contributed by atoms with Gasteiger partial charge in [-0.15, -0.1) is 0 Å². The molecule has 0 aliphatic heterocycles. The predicted octanol–water partition coefficient (Wildman–Crippen LogP) is 2.23. The molecule has 0 aliphatic rings. The van der Waals surface area contributed by atoms with E-state index in [0.717, 1.165) is 16.4 Å². The Balaban J connectivity index is 1.56. The first-order valence-corrected chi connectivity index (χ1v) is 7.78. The van der Waals surface area contributed by atoms with Gasteiger partial charge in [0.2, 0.25) is 5.78 Å². The van der Waals surface area contributed by atoms with E-state index in [2.05, 4.69) is 19.9 Å². The summed E-state index contributed by atoms with van der Waals surface area (Å²) in [5, 5.41) is 11.6. The number of non-ortho nitro benzene ring substituents is 1. The molecule has 0 unspecified atom stereocenters. The van der Waals surface area contributed by atoms with Crippen LogP contribution in [0.3, 0.4) is 0 Å². The second-order valence-electron chi connectivity index (χ2n) is 4.91. The molecule has 23 heavy (non-hydrogen) atoms. The molecule has 0 radical (unpaired) electrons. The number of H-pyrrole nitrogens is 2. The molecule has 4 aromatic rings. The van der Waals surface area contributed by atoms with Crippen LogP contribution in [0.4, 0.5) is 5.69 Å². The quantitative estimate of drug-likeness (QED) is 0.352. The molecule has 9 heteroatoms. The highest BCUT2D eigenvalue weighted by molar-refractivity contribution is 7.98. The summed E-state index contributed by atoms with van der Waals surface area (Å²) in [6, 6.07) is 6.55. The normalized spacial score (nSPS) is 11.3. The second kappa shape index (κ2) is 5.36. The van der Waals surface area contributed by atoms with Gasteiger partial charge in [-0.05, 0) is 23.9 Å². The lowest BCUT2D eigenvalue weighted by atomic mass is 10.3. The maximum absolute atomic E-state index is 10.8. The van der Waals surface area contributed by atoms with Gasteiger partial charge < -0.3 is 0 Å². The second-order valence-corrected chi connectivity index (χ2v) is 5.90. The van der Waals surface area contributed by atoms with Gasteiger partial charge in [0.1, 0.15) is 0 Å². The van der Waals surface area contributed by atoms with E-state index >= 15 is 0 Å². The number of imidazole rings is 2. The molecule has 0 fully saturated rings. The number of nitrogens with one attached hydrogen (secondary N) is 2. The highest BCUT2D eigenvalue weighted by Gasteiger charge is 2.15. The van der Waals surface area contributed by atoms with Crippen molar-refractivity contribution in [2.24, 2.45) is 0 Å². The summed E-state index contributed by atoms with van der Waals surface area (Å²) in [5.41, 5.74) is 2.51. The topological polar surface area (TPSA) is 103 Å². The zero-order valence-electron chi connectivity index (χ0n) is 11.8. The number of benzene rings is 1. The van der Waals surface area contributed by atoms with Crippen molar-refractivity contribution in [1.29, 1.82) is 0 Å². The predicted molar refractivity (Wildman–Crippen MR) is 84.1 cm³/mol. The molecule has 0 bridgehead atoms. The van der Waals surface area contributed by atoms with E-state index in [4.69, 9.17) is 0 Å². The van der Waals surface area contributed by atoms with Crippen LogP contribution in [0.2, 0.25) is 0 Å². The van der Waals surface area contributed by atoms with Crippen LogP contribution in [0.25, 0.3) is 16.8 Å². The van der Waals surface area contributed by atoms with Crippen molar-refractivity contribution < 1.29 is 9.91 Å². The highest BCUT2D eigenvalue weighted by atomic mass is 32.2. The fourth-order valence-electron chi connectivity index (χ4n) is 2.30. The van der Waals surface area contributed by atoms with Gasteiger partial charge in [0.05, 0.1) is 16.7 Å². The van der Waals surface area contributed by atoms with Crippen molar-refractivity contribution in [3.05, 3.63) is 58.7 Å². The minimum atomic E-state index is -0.406. The molecule has 0 atom stereocenters. The van der Waals surface area contributed by atoms with Crippen LogP contribution in [-0.2, 0) is 5.75 Å². The first-order valence-electron chi connectivity index (χ1n) is 6.80. The van der Waals surface area contributed by atoms with Gasteiger partial charge >= 0.3 is 5.16 Å². The number of nitro benzene ring substituents is 1. The standard InChI is InChI=1S/C14H10N6O2S/c21-20(22)10-2-3-11-12(6-10)18-14(17-11)23-8-9-7-19-5-1-4-15-13(19)16-9/h1-7H,8H2,(H,17,18)/p+1. The lowest BCUT2D eigenvalue weighted by Gasteiger charge is -1.88. The Kier molecular flexibility index (Phi) is 3.19. The summed E-state index contributed by atoms with van der Waals surface area (Å²) in [6.45, 7) is 0. The third-order valence-corrected chi connectivity index (χ3v) is 4.29. The number of aromatic amines is 2. The first kappa shape index (κ1) is 13.7. The van der Waals surface area contributed by atoms with E-state index in [1.165, 1.54) is 12.1 Å². The number of fused-ring (bicyclic) bond motifs is 2. The Bertz CT molecular complexity index is 991. The molecule has 0 spiro atoms. The van der Waals surface area contributed by atoms with Crippen LogP contribution in [-0.4, -0.2) is 24.3 Å². The summed E-state index contributed by atoms with van der Waals surface area (Å²) >= 11 is 1.54. The molecule has 2 N–H and O–H groups in total. The fourth-order valence-corrected chi connectivity index (χ4v) is 3.10. The maximum atomic E-state index is 10.8. The summed E-state index contributed by atoms with van der Waals surface area (Å²) in [7, 11) is 0. The summed E-state index contributed by atoms with van der Waals surface area (Å²) in [5.74, 6) is 1.33. The zero-order chi connectivity index (χ0) is 15.8. The zero-order valence-corrected chi connectivity index (χ0v) is 12.6. The molecular weight excluding hydrogens is 316 g/mol. The summed E-state index contributed by atoms with van der Waals surface area (Å²) in [6.07, 6.45) is 5.54. The number of aromatic nitrogens is 5. The van der Waals surface area contributed by atoms with Crippen molar-refractivity contribution in [3.63, 3.8) is 0 Å². The largest absolute Gasteiger partial charge is 0.314 e. The molecule has 3 aromatic heterocycles. The van der Waals surface area contributed by atoms with Crippen molar-refractivity contribution >= 4 is 34.3 Å². The van der Waals surface area contributed by atoms with E-state index in [0.29, 0.717) is 17.0 Å². The van der Waals surface area contributed by atoms with Crippen LogP contribution in [0, 0.1) is 10.1 Å². The molecule has 0 aliphatic carbocycles. The molecule has 0 amide bonds. The third-order valence-electron chi connectivity index (χ3n) is 3.36. The average molecular weight is 327 g/mol. The number of thioether (sulfide) groups is 1. The van der Waals surface area contributed by atoms with Crippen LogP contribution >= 0.6 is 11.8 Å². The van der Waals surface area contributed by atoms with Gasteiger partial charge in [-0.2, -0.15) is 0 Å². The van der Waals surface area contributed by atoms with Crippen molar-refractivity contribution in [3.8, 4) is 0 Å². The van der Waals surface area contributed by atoms with E-state index in [1.54, 1.807) is 24.0 Å². The SMILES string of the molecule is O=[N+]([O-])c1ccc2[nH+]c(SCc3cn4cccnc4n3)[nH]c2c1. The molecule has 0 saturated carbocycles. The van der Waals surface area contributed by atoms with Crippen LogP contribution in [0.15, 0.2) is 48.0 Å². The number of nitro groups is 1. The fraction of sp³-hybridized carbons (Fsp3) is 0.0714. The molecule has 1 aromatic carbocycles. The van der Waals surface area contributed by atoms with Gasteiger partial charge in [0.15, 0.2) is 11.0 Å². The van der Waals surface area contributed by atoms with Gasteiger partial charge in [0.25, 0.3) is 5.69 Å². The van der Waals surface area contributed by atoms with Crippen molar-refractivity contribution in [2.45, 2.75) is 10.9 Å². The molecule has 3 heterocycles. The van der Waals surface area contributed by atoms with Crippen LogP contribution in [0.1, 0.15) is 5.69 Å². The Labute approximate surface area is 133 Å². The van der Waals surface area contributed by atoms with Crippen LogP contribution < -0.4 is 4.98 Å². The molecule has 0 saturated heterocycles. The molecule has 4 rings (SSSR count). The molecular formula is C14H11N6O2S+. The third kappa shape index (κ3) is 2.61. The Morgan fingerprint density at radius 3 is 3.17 bits per heavy atom. The minimum Gasteiger partial charge on any atom is -0.291 e. The first-order chi connectivity index (χ1) is 11.2. The van der Waals surface area contributed by atoms with E-state index in [9.17, 15) is 10.1 Å².